The number of carbonyl (C=O) groups excluding carboxylic acids is 1. The number of ether oxygens (including phenoxy) is 1. The standard InChI is InChI=1S/C18H27N3O2/c1-15(16-6-3-2-4-7-16)19-18(22)21-11-9-20(10-12-21)14-17-8-5-13-23-17/h2-4,6-7,15,17H,5,8-14H2,1H3,(H,19,22). The van der Waals surface area contributed by atoms with Gasteiger partial charge in [-0.15, -0.1) is 0 Å². The summed E-state index contributed by atoms with van der Waals surface area (Å²) in [7, 11) is 0. The summed E-state index contributed by atoms with van der Waals surface area (Å²) in [6, 6.07) is 10.2. The van der Waals surface area contributed by atoms with Crippen LogP contribution in [0, 0.1) is 0 Å². The molecule has 2 aliphatic rings. The SMILES string of the molecule is CC(NC(=O)N1CCN(CC2CCCO2)CC1)c1ccccc1. The normalized spacial score (nSPS) is 23.7. The quantitative estimate of drug-likeness (QED) is 0.926. The lowest BCUT2D eigenvalue weighted by Crippen LogP contribution is -2.53. The third-order valence-corrected chi connectivity index (χ3v) is 4.78. The van der Waals surface area contributed by atoms with Crippen LogP contribution in [-0.4, -0.2) is 61.3 Å². The van der Waals surface area contributed by atoms with E-state index in [1.54, 1.807) is 0 Å². The first-order chi connectivity index (χ1) is 11.2. The van der Waals surface area contributed by atoms with Crippen LogP contribution in [0.1, 0.15) is 31.4 Å². The summed E-state index contributed by atoms with van der Waals surface area (Å²) in [4.78, 5) is 16.7. The van der Waals surface area contributed by atoms with Gasteiger partial charge >= 0.3 is 6.03 Å². The van der Waals surface area contributed by atoms with Gasteiger partial charge in [0.25, 0.3) is 0 Å². The van der Waals surface area contributed by atoms with Gasteiger partial charge in [0.1, 0.15) is 0 Å². The number of carbonyl (C=O) groups is 1. The summed E-state index contributed by atoms with van der Waals surface area (Å²) in [6.07, 6.45) is 2.76. The number of hydrogen-bond donors (Lipinski definition) is 1. The molecular weight excluding hydrogens is 290 g/mol. The molecule has 2 atom stereocenters. The van der Waals surface area contributed by atoms with Gasteiger partial charge < -0.3 is 15.0 Å². The topological polar surface area (TPSA) is 44.8 Å². The first-order valence-corrected chi connectivity index (χ1v) is 8.67. The molecule has 2 heterocycles. The van der Waals surface area contributed by atoms with Gasteiger partial charge in [0.2, 0.25) is 0 Å². The van der Waals surface area contributed by atoms with Gasteiger partial charge in [0, 0.05) is 39.3 Å². The Balaban J connectivity index is 1.42. The maximum absolute atomic E-state index is 12.4. The Morgan fingerprint density at radius 1 is 1.26 bits per heavy atom. The average Bonchev–Trinajstić information content (AvgIpc) is 3.09. The first kappa shape index (κ1) is 16.3. The van der Waals surface area contributed by atoms with E-state index in [9.17, 15) is 4.79 Å². The maximum Gasteiger partial charge on any atom is 0.317 e. The molecule has 0 aromatic heterocycles. The van der Waals surface area contributed by atoms with Crippen molar-refractivity contribution >= 4 is 6.03 Å². The summed E-state index contributed by atoms with van der Waals surface area (Å²) < 4.78 is 5.70. The van der Waals surface area contributed by atoms with Gasteiger partial charge in [0.05, 0.1) is 12.1 Å². The molecule has 0 spiro atoms. The Morgan fingerprint density at radius 3 is 2.65 bits per heavy atom. The number of nitrogens with zero attached hydrogens (tertiary/aromatic N) is 2. The summed E-state index contributed by atoms with van der Waals surface area (Å²) in [6.45, 7) is 7.40. The van der Waals surface area contributed by atoms with Crippen LogP contribution in [-0.2, 0) is 4.74 Å². The third-order valence-electron chi connectivity index (χ3n) is 4.78. The van der Waals surface area contributed by atoms with Crippen molar-refractivity contribution in [3.63, 3.8) is 0 Å². The number of benzene rings is 1. The van der Waals surface area contributed by atoms with Crippen molar-refractivity contribution in [2.75, 3.05) is 39.3 Å². The van der Waals surface area contributed by atoms with Crippen molar-refractivity contribution in [1.29, 1.82) is 0 Å². The number of rotatable bonds is 4. The van der Waals surface area contributed by atoms with E-state index in [0.29, 0.717) is 6.10 Å². The highest BCUT2D eigenvalue weighted by molar-refractivity contribution is 5.74. The molecule has 2 amide bonds. The summed E-state index contributed by atoms with van der Waals surface area (Å²) >= 11 is 0. The Kier molecular flexibility index (Phi) is 5.51. The molecule has 1 N–H and O–H groups in total. The molecule has 5 heteroatoms. The van der Waals surface area contributed by atoms with Crippen LogP contribution in [0.3, 0.4) is 0 Å². The van der Waals surface area contributed by atoms with Gasteiger partial charge in [-0.1, -0.05) is 30.3 Å². The zero-order valence-electron chi connectivity index (χ0n) is 13.9. The Morgan fingerprint density at radius 2 is 2.00 bits per heavy atom. The van der Waals surface area contributed by atoms with E-state index >= 15 is 0 Å². The van der Waals surface area contributed by atoms with Crippen LogP contribution in [0.2, 0.25) is 0 Å². The van der Waals surface area contributed by atoms with E-state index in [0.717, 1.165) is 44.9 Å². The zero-order chi connectivity index (χ0) is 16.1. The van der Waals surface area contributed by atoms with Gasteiger partial charge in [-0.05, 0) is 25.3 Å². The van der Waals surface area contributed by atoms with Crippen LogP contribution in [0.4, 0.5) is 4.79 Å². The van der Waals surface area contributed by atoms with Crippen molar-refractivity contribution in [2.45, 2.75) is 31.9 Å². The largest absolute Gasteiger partial charge is 0.377 e. The monoisotopic (exact) mass is 317 g/mol. The molecule has 0 radical (unpaired) electrons. The number of amides is 2. The van der Waals surface area contributed by atoms with E-state index < -0.39 is 0 Å². The van der Waals surface area contributed by atoms with E-state index in [1.807, 2.05) is 42.2 Å². The van der Waals surface area contributed by atoms with Gasteiger partial charge in [0.15, 0.2) is 0 Å². The molecule has 2 fully saturated rings. The molecule has 3 rings (SSSR count). The number of hydrogen-bond acceptors (Lipinski definition) is 3. The molecule has 0 aliphatic carbocycles. The predicted molar refractivity (Wildman–Crippen MR) is 90.4 cm³/mol. The van der Waals surface area contributed by atoms with Crippen molar-refractivity contribution in [3.05, 3.63) is 35.9 Å². The van der Waals surface area contributed by atoms with Gasteiger partial charge in [-0.25, -0.2) is 4.79 Å². The van der Waals surface area contributed by atoms with Crippen molar-refractivity contribution in [2.24, 2.45) is 0 Å². The van der Waals surface area contributed by atoms with Crippen LogP contribution < -0.4 is 5.32 Å². The predicted octanol–water partition coefficient (Wildman–Crippen LogP) is 2.25. The number of urea groups is 1. The van der Waals surface area contributed by atoms with E-state index in [1.165, 1.54) is 12.8 Å². The van der Waals surface area contributed by atoms with E-state index in [-0.39, 0.29) is 12.1 Å². The third kappa shape index (κ3) is 4.45. The van der Waals surface area contributed by atoms with Gasteiger partial charge in [-0.3, -0.25) is 4.90 Å². The number of nitrogens with one attached hydrogen (secondary N) is 1. The van der Waals surface area contributed by atoms with Crippen molar-refractivity contribution in [3.8, 4) is 0 Å². The van der Waals surface area contributed by atoms with Crippen molar-refractivity contribution < 1.29 is 9.53 Å². The first-order valence-electron chi connectivity index (χ1n) is 8.67. The van der Waals surface area contributed by atoms with Crippen molar-refractivity contribution in [1.82, 2.24) is 15.1 Å². The molecule has 2 saturated heterocycles. The summed E-state index contributed by atoms with van der Waals surface area (Å²) in [5.74, 6) is 0. The summed E-state index contributed by atoms with van der Waals surface area (Å²) in [5, 5.41) is 3.10. The molecule has 126 valence electrons. The average molecular weight is 317 g/mol. The molecule has 1 aromatic carbocycles. The minimum Gasteiger partial charge on any atom is -0.377 e. The fraction of sp³-hybridized carbons (Fsp3) is 0.611. The van der Waals surface area contributed by atoms with Crippen LogP contribution in [0.15, 0.2) is 30.3 Å². The highest BCUT2D eigenvalue weighted by Crippen LogP contribution is 2.15. The Bertz CT molecular complexity index is 494. The minimum atomic E-state index is 0.0358. The Hall–Kier alpha value is -1.59. The molecule has 1 aromatic rings. The van der Waals surface area contributed by atoms with Crippen LogP contribution >= 0.6 is 0 Å². The lowest BCUT2D eigenvalue weighted by molar-refractivity contribution is 0.0559. The van der Waals surface area contributed by atoms with Gasteiger partial charge in [-0.2, -0.15) is 0 Å². The molecule has 2 unspecified atom stereocenters. The lowest BCUT2D eigenvalue weighted by atomic mass is 10.1. The van der Waals surface area contributed by atoms with E-state index in [2.05, 4.69) is 10.2 Å². The second-order valence-corrected chi connectivity index (χ2v) is 6.50. The molecule has 0 saturated carbocycles. The second-order valence-electron chi connectivity index (χ2n) is 6.50. The van der Waals surface area contributed by atoms with E-state index in [4.69, 9.17) is 4.74 Å². The lowest BCUT2D eigenvalue weighted by Gasteiger charge is -2.36. The zero-order valence-corrected chi connectivity index (χ0v) is 13.9. The Labute approximate surface area is 138 Å². The summed E-state index contributed by atoms with van der Waals surface area (Å²) in [5.41, 5.74) is 1.14. The van der Waals surface area contributed by atoms with Crippen LogP contribution in [0.25, 0.3) is 0 Å². The second kappa shape index (κ2) is 7.79. The minimum absolute atomic E-state index is 0.0358. The fourth-order valence-corrected chi connectivity index (χ4v) is 3.31. The molecular formula is C18H27N3O2. The highest BCUT2D eigenvalue weighted by Gasteiger charge is 2.25. The molecule has 23 heavy (non-hydrogen) atoms. The molecule has 0 bridgehead atoms. The van der Waals surface area contributed by atoms with Crippen LogP contribution in [0.5, 0.6) is 0 Å². The fourth-order valence-electron chi connectivity index (χ4n) is 3.31. The maximum atomic E-state index is 12.4. The smallest absolute Gasteiger partial charge is 0.317 e. The molecule has 5 nitrogen and oxygen atoms in total. The number of piperazine rings is 1. The molecule has 2 aliphatic heterocycles. The highest BCUT2D eigenvalue weighted by atomic mass is 16.5.